The van der Waals surface area contributed by atoms with Gasteiger partial charge in [-0.3, -0.25) is 4.57 Å². The van der Waals surface area contributed by atoms with Crippen LogP contribution in [-0.2, 0) is 18.2 Å². The maximum atomic E-state index is 12.7. The van der Waals surface area contributed by atoms with Gasteiger partial charge in [0, 0.05) is 51.9 Å². The minimum absolute atomic E-state index is 0.0143. The quantitative estimate of drug-likeness (QED) is 0.841. The molecule has 0 bridgehead atoms. The summed E-state index contributed by atoms with van der Waals surface area (Å²) in [5.74, 6) is 0.883. The largest absolute Gasteiger partial charge is 0.381 e. The van der Waals surface area contributed by atoms with E-state index in [1.54, 1.807) is 7.05 Å². The molecular weight excluding hydrogens is 328 g/mol. The lowest BCUT2D eigenvalue weighted by molar-refractivity contribution is 0.0216. The fraction of sp³-hybridized carbons (Fsp3) is 0.600. The molecule has 2 aromatic rings. The van der Waals surface area contributed by atoms with Crippen LogP contribution in [0.4, 0.5) is 0 Å². The third kappa shape index (κ3) is 3.62. The Morgan fingerprint density at radius 3 is 2.42 bits per heavy atom. The van der Waals surface area contributed by atoms with Crippen LogP contribution in [0.25, 0.3) is 0 Å². The fourth-order valence-corrected chi connectivity index (χ4v) is 4.36. The van der Waals surface area contributed by atoms with Crippen LogP contribution in [0.1, 0.15) is 43.1 Å². The number of likely N-dealkylation sites (tertiary alicyclic amines) is 1. The fourth-order valence-electron chi connectivity index (χ4n) is 4.36. The van der Waals surface area contributed by atoms with Crippen LogP contribution in [0.2, 0.25) is 0 Å². The van der Waals surface area contributed by atoms with Crippen LogP contribution < -0.4 is 5.69 Å². The summed E-state index contributed by atoms with van der Waals surface area (Å²) in [6.07, 6.45) is 5.01. The number of aromatic nitrogens is 3. The Labute approximate surface area is 154 Å². The first-order chi connectivity index (χ1) is 12.7. The van der Waals surface area contributed by atoms with Gasteiger partial charge in [-0.1, -0.05) is 30.3 Å². The third-order valence-electron chi connectivity index (χ3n) is 5.80. The van der Waals surface area contributed by atoms with Gasteiger partial charge in [-0.05, 0) is 31.2 Å². The van der Waals surface area contributed by atoms with Crippen molar-refractivity contribution < 1.29 is 4.74 Å². The summed E-state index contributed by atoms with van der Waals surface area (Å²) in [6, 6.07) is 11.2. The smallest absolute Gasteiger partial charge is 0.345 e. The van der Waals surface area contributed by atoms with E-state index in [1.807, 2.05) is 22.8 Å². The highest BCUT2D eigenvalue weighted by atomic mass is 16.5. The molecule has 140 valence electrons. The minimum atomic E-state index is 0.0143. The van der Waals surface area contributed by atoms with Crippen LogP contribution in [0.5, 0.6) is 0 Å². The van der Waals surface area contributed by atoms with Gasteiger partial charge in [0.1, 0.15) is 5.82 Å². The molecule has 0 aliphatic carbocycles. The molecule has 2 fully saturated rings. The molecular formula is C20H28N4O2. The molecule has 0 radical (unpaired) electrons. The normalized spacial score (nSPS) is 20.5. The molecule has 3 heterocycles. The summed E-state index contributed by atoms with van der Waals surface area (Å²) in [5.41, 5.74) is 1.21. The van der Waals surface area contributed by atoms with E-state index in [0.29, 0.717) is 12.5 Å². The second-order valence-corrected chi connectivity index (χ2v) is 7.47. The molecule has 0 atom stereocenters. The van der Waals surface area contributed by atoms with Crippen LogP contribution >= 0.6 is 0 Å². The molecule has 6 nitrogen and oxygen atoms in total. The lowest BCUT2D eigenvalue weighted by Gasteiger charge is -2.39. The van der Waals surface area contributed by atoms with E-state index >= 15 is 0 Å². The predicted octanol–water partition coefficient (Wildman–Crippen LogP) is 1.99. The molecule has 0 amide bonds. The maximum Gasteiger partial charge on any atom is 0.345 e. The summed E-state index contributed by atoms with van der Waals surface area (Å²) in [5, 5.41) is 4.53. The lowest BCUT2D eigenvalue weighted by Crippen LogP contribution is -2.45. The Morgan fingerprint density at radius 2 is 1.73 bits per heavy atom. The zero-order valence-electron chi connectivity index (χ0n) is 15.5. The first-order valence-electron chi connectivity index (χ1n) is 9.72. The number of aryl methyl sites for hydroxylation is 1. The first kappa shape index (κ1) is 17.5. The zero-order valence-corrected chi connectivity index (χ0v) is 15.5. The van der Waals surface area contributed by atoms with E-state index in [1.165, 1.54) is 10.2 Å². The average Bonchev–Trinajstić information content (AvgIpc) is 2.97. The van der Waals surface area contributed by atoms with Gasteiger partial charge < -0.3 is 9.64 Å². The predicted molar refractivity (Wildman–Crippen MR) is 100 cm³/mol. The molecule has 1 aromatic heterocycles. The summed E-state index contributed by atoms with van der Waals surface area (Å²) in [6.45, 7) is 3.88. The van der Waals surface area contributed by atoms with E-state index in [2.05, 4.69) is 22.1 Å². The first-order valence-corrected chi connectivity index (χ1v) is 9.72. The van der Waals surface area contributed by atoms with Crippen molar-refractivity contribution in [2.24, 2.45) is 7.05 Å². The number of benzene rings is 1. The third-order valence-corrected chi connectivity index (χ3v) is 5.80. The van der Waals surface area contributed by atoms with Crippen molar-refractivity contribution in [1.29, 1.82) is 0 Å². The molecule has 6 heteroatoms. The van der Waals surface area contributed by atoms with E-state index < -0.39 is 0 Å². The number of rotatable bonds is 4. The van der Waals surface area contributed by atoms with Crippen LogP contribution in [0, 0.1) is 0 Å². The monoisotopic (exact) mass is 356 g/mol. The second kappa shape index (κ2) is 7.76. The molecule has 0 unspecified atom stereocenters. The number of hydrogen-bond acceptors (Lipinski definition) is 4. The molecule has 2 saturated heterocycles. The highest BCUT2D eigenvalue weighted by Gasteiger charge is 2.29. The zero-order chi connectivity index (χ0) is 17.9. The Morgan fingerprint density at radius 1 is 1.04 bits per heavy atom. The van der Waals surface area contributed by atoms with Gasteiger partial charge in [0.05, 0.1) is 0 Å². The average molecular weight is 356 g/mol. The Kier molecular flexibility index (Phi) is 5.22. The van der Waals surface area contributed by atoms with E-state index in [4.69, 9.17) is 4.74 Å². The summed E-state index contributed by atoms with van der Waals surface area (Å²) < 4.78 is 8.93. The standard InChI is InChI=1S/C20H28N4O2/c1-22-20(25)24(19(21-22)15-16-5-3-2-4-6-16)18-7-11-23(12-8-18)17-9-13-26-14-10-17/h2-6,17-18H,7-15H2,1H3. The molecule has 2 aliphatic heterocycles. The molecule has 0 N–H and O–H groups in total. The van der Waals surface area contributed by atoms with Gasteiger partial charge in [0.2, 0.25) is 0 Å². The Balaban J connectivity index is 1.48. The SMILES string of the molecule is Cn1nc(Cc2ccccc2)n(C2CCN(C3CCOCC3)CC2)c1=O. The number of hydrogen-bond donors (Lipinski definition) is 0. The van der Waals surface area contributed by atoms with Crippen molar-refractivity contribution >= 4 is 0 Å². The van der Waals surface area contributed by atoms with Crippen molar-refractivity contribution in [2.45, 2.75) is 44.2 Å². The number of nitrogens with zero attached hydrogens (tertiary/aromatic N) is 4. The highest BCUT2D eigenvalue weighted by Crippen LogP contribution is 2.26. The lowest BCUT2D eigenvalue weighted by atomic mass is 9.99. The van der Waals surface area contributed by atoms with Crippen LogP contribution in [-0.4, -0.2) is 51.6 Å². The molecule has 1 aromatic carbocycles. The summed E-state index contributed by atoms with van der Waals surface area (Å²) in [7, 11) is 1.75. The molecule has 2 aliphatic rings. The maximum absolute atomic E-state index is 12.7. The van der Waals surface area contributed by atoms with Crippen molar-refractivity contribution in [2.75, 3.05) is 26.3 Å². The Bertz CT molecular complexity index is 769. The molecule has 4 rings (SSSR count). The van der Waals surface area contributed by atoms with Crippen LogP contribution in [0.15, 0.2) is 35.1 Å². The van der Waals surface area contributed by atoms with E-state index in [0.717, 1.165) is 57.8 Å². The van der Waals surface area contributed by atoms with Gasteiger partial charge in [0.15, 0.2) is 0 Å². The van der Waals surface area contributed by atoms with Gasteiger partial charge in [-0.15, -0.1) is 0 Å². The minimum Gasteiger partial charge on any atom is -0.381 e. The molecule has 0 saturated carbocycles. The van der Waals surface area contributed by atoms with Crippen molar-refractivity contribution in [3.8, 4) is 0 Å². The van der Waals surface area contributed by atoms with Crippen molar-refractivity contribution in [3.05, 3.63) is 52.2 Å². The topological polar surface area (TPSA) is 52.3 Å². The number of ether oxygens (including phenoxy) is 1. The van der Waals surface area contributed by atoms with E-state index in [9.17, 15) is 4.79 Å². The van der Waals surface area contributed by atoms with Gasteiger partial charge in [0.25, 0.3) is 0 Å². The summed E-state index contributed by atoms with van der Waals surface area (Å²) >= 11 is 0. The highest BCUT2D eigenvalue weighted by molar-refractivity contribution is 5.19. The summed E-state index contributed by atoms with van der Waals surface area (Å²) in [4.78, 5) is 15.3. The molecule has 0 spiro atoms. The van der Waals surface area contributed by atoms with E-state index in [-0.39, 0.29) is 11.7 Å². The number of piperidine rings is 1. The van der Waals surface area contributed by atoms with Gasteiger partial charge in [-0.25, -0.2) is 9.48 Å². The van der Waals surface area contributed by atoms with Gasteiger partial charge >= 0.3 is 5.69 Å². The van der Waals surface area contributed by atoms with Gasteiger partial charge in [-0.2, -0.15) is 5.10 Å². The second-order valence-electron chi connectivity index (χ2n) is 7.47. The molecule has 26 heavy (non-hydrogen) atoms. The van der Waals surface area contributed by atoms with Crippen molar-refractivity contribution in [1.82, 2.24) is 19.2 Å². The Hall–Kier alpha value is -1.92. The van der Waals surface area contributed by atoms with Crippen LogP contribution in [0.3, 0.4) is 0 Å². The van der Waals surface area contributed by atoms with Crippen molar-refractivity contribution in [3.63, 3.8) is 0 Å².